The van der Waals surface area contributed by atoms with Gasteiger partial charge in [0, 0.05) is 30.9 Å². The van der Waals surface area contributed by atoms with Crippen LogP contribution in [0.25, 0.3) is 0 Å². The van der Waals surface area contributed by atoms with Crippen LogP contribution in [0.4, 0.5) is 17.1 Å². The topological polar surface area (TPSA) is 127 Å². The van der Waals surface area contributed by atoms with Gasteiger partial charge in [-0.25, -0.2) is 0 Å². The predicted octanol–water partition coefficient (Wildman–Crippen LogP) is 2.69. The second-order valence-electron chi connectivity index (χ2n) is 6.08. The van der Waals surface area contributed by atoms with Crippen LogP contribution in [0, 0.1) is 20.2 Å². The molecule has 0 aliphatic carbocycles. The highest BCUT2D eigenvalue weighted by Gasteiger charge is 2.22. The molecule has 0 radical (unpaired) electrons. The van der Waals surface area contributed by atoms with E-state index in [0.29, 0.717) is 24.2 Å². The van der Waals surface area contributed by atoms with Gasteiger partial charge in [-0.2, -0.15) is 0 Å². The Labute approximate surface area is 147 Å². The molecule has 1 heterocycles. The van der Waals surface area contributed by atoms with Crippen molar-refractivity contribution in [1.29, 1.82) is 0 Å². The van der Waals surface area contributed by atoms with E-state index in [1.807, 2.05) is 17.0 Å². The Morgan fingerprint density at radius 2 is 1.69 bits per heavy atom. The third kappa shape index (κ3) is 3.61. The molecule has 0 amide bonds. The molecule has 0 saturated carbocycles. The molecule has 1 aliphatic rings. The number of nitro groups is 2. The zero-order chi connectivity index (χ0) is 18.8. The Balaban J connectivity index is 1.86. The molecule has 1 N–H and O–H groups in total. The maximum atomic E-state index is 11.0. The molecule has 134 valence electrons. The summed E-state index contributed by atoms with van der Waals surface area (Å²) in [7, 11) is 0. The van der Waals surface area contributed by atoms with Crippen LogP contribution in [-0.4, -0.2) is 27.5 Å². The van der Waals surface area contributed by atoms with E-state index in [1.165, 1.54) is 12.1 Å². The fourth-order valence-corrected chi connectivity index (χ4v) is 3.15. The highest BCUT2D eigenvalue weighted by molar-refractivity contribution is 5.71. The maximum Gasteiger partial charge on any atom is 0.307 e. The molecule has 2 aromatic carbocycles. The van der Waals surface area contributed by atoms with Crippen LogP contribution < -0.4 is 4.90 Å². The summed E-state index contributed by atoms with van der Waals surface area (Å²) in [5, 5.41) is 30.9. The van der Waals surface area contributed by atoms with Gasteiger partial charge < -0.3 is 10.0 Å². The average molecular weight is 357 g/mol. The SMILES string of the molecule is O=C(O)Cc1ccc2c(c1)CCN2Cc1cc([N+](=O)[O-])cc([N+](=O)[O-])c1. The lowest BCUT2D eigenvalue weighted by molar-refractivity contribution is -0.394. The van der Waals surface area contributed by atoms with Crippen molar-refractivity contribution in [2.24, 2.45) is 0 Å². The number of fused-ring (bicyclic) bond motifs is 1. The molecule has 0 aromatic heterocycles. The molecule has 1 aliphatic heterocycles. The molecule has 9 nitrogen and oxygen atoms in total. The first kappa shape index (κ1) is 17.3. The monoisotopic (exact) mass is 357 g/mol. The van der Waals surface area contributed by atoms with E-state index in [2.05, 4.69) is 0 Å². The van der Waals surface area contributed by atoms with Gasteiger partial charge in [0.25, 0.3) is 11.4 Å². The molecule has 0 fully saturated rings. The van der Waals surface area contributed by atoms with Crippen LogP contribution in [0.5, 0.6) is 0 Å². The van der Waals surface area contributed by atoms with Crippen LogP contribution >= 0.6 is 0 Å². The van der Waals surface area contributed by atoms with E-state index >= 15 is 0 Å². The van der Waals surface area contributed by atoms with Gasteiger partial charge in [-0.15, -0.1) is 0 Å². The number of hydrogen-bond acceptors (Lipinski definition) is 6. The van der Waals surface area contributed by atoms with Gasteiger partial charge >= 0.3 is 5.97 Å². The molecule has 26 heavy (non-hydrogen) atoms. The van der Waals surface area contributed by atoms with Crippen molar-refractivity contribution in [3.8, 4) is 0 Å². The summed E-state index contributed by atoms with van der Waals surface area (Å²) in [5.74, 6) is -0.899. The van der Waals surface area contributed by atoms with Crippen molar-refractivity contribution in [1.82, 2.24) is 0 Å². The van der Waals surface area contributed by atoms with Crippen molar-refractivity contribution in [3.05, 3.63) is 73.3 Å². The Hall–Kier alpha value is -3.49. The molecule has 0 unspecified atom stereocenters. The van der Waals surface area contributed by atoms with Gasteiger partial charge in [-0.1, -0.05) is 12.1 Å². The summed E-state index contributed by atoms with van der Waals surface area (Å²) in [4.78, 5) is 33.5. The summed E-state index contributed by atoms with van der Waals surface area (Å²) in [6.45, 7) is 0.955. The fourth-order valence-electron chi connectivity index (χ4n) is 3.15. The fraction of sp³-hybridized carbons (Fsp3) is 0.235. The molecule has 9 heteroatoms. The standard InChI is InChI=1S/C17H15N3O6/c21-17(22)8-11-1-2-16-13(5-11)3-4-18(16)10-12-6-14(19(23)24)9-15(7-12)20(25)26/h1-2,5-7,9H,3-4,8,10H2,(H,21,22). The van der Waals surface area contributed by atoms with Crippen LogP contribution in [-0.2, 0) is 24.2 Å². The Morgan fingerprint density at radius 3 is 2.27 bits per heavy atom. The first-order valence-corrected chi connectivity index (χ1v) is 7.85. The Kier molecular flexibility index (Phi) is 4.53. The van der Waals surface area contributed by atoms with Crippen molar-refractivity contribution < 1.29 is 19.7 Å². The van der Waals surface area contributed by atoms with Crippen molar-refractivity contribution in [2.75, 3.05) is 11.4 Å². The minimum atomic E-state index is -0.899. The molecule has 0 saturated heterocycles. The highest BCUT2D eigenvalue weighted by atomic mass is 16.6. The molecule has 3 rings (SSSR count). The normalized spacial score (nSPS) is 12.7. The predicted molar refractivity (Wildman–Crippen MR) is 92.3 cm³/mol. The number of nitrogens with zero attached hydrogens (tertiary/aromatic N) is 3. The number of carboxylic acids is 1. The number of hydrogen-bond donors (Lipinski definition) is 1. The summed E-state index contributed by atoms with van der Waals surface area (Å²) >= 11 is 0. The molecular weight excluding hydrogens is 342 g/mol. The first-order valence-electron chi connectivity index (χ1n) is 7.85. The molecule has 0 spiro atoms. The van der Waals surface area contributed by atoms with Gasteiger partial charge in [-0.05, 0) is 29.2 Å². The third-order valence-corrected chi connectivity index (χ3v) is 4.25. The third-order valence-electron chi connectivity index (χ3n) is 4.25. The zero-order valence-electron chi connectivity index (χ0n) is 13.6. The maximum absolute atomic E-state index is 11.0. The average Bonchev–Trinajstić information content (AvgIpc) is 2.96. The van der Waals surface area contributed by atoms with Gasteiger partial charge in [0.15, 0.2) is 0 Å². The van der Waals surface area contributed by atoms with Crippen molar-refractivity contribution in [3.63, 3.8) is 0 Å². The minimum Gasteiger partial charge on any atom is -0.481 e. The number of carboxylic acid groups (broad SMARTS) is 1. The summed E-state index contributed by atoms with van der Waals surface area (Å²) in [6.07, 6.45) is 0.671. The lowest BCUT2D eigenvalue weighted by atomic mass is 10.1. The van der Waals surface area contributed by atoms with Gasteiger partial charge in [-0.3, -0.25) is 25.0 Å². The number of benzene rings is 2. The smallest absolute Gasteiger partial charge is 0.307 e. The number of carbonyl (C=O) groups is 1. The van der Waals surface area contributed by atoms with E-state index in [9.17, 15) is 25.0 Å². The Bertz CT molecular complexity index is 879. The lowest BCUT2D eigenvalue weighted by Gasteiger charge is -2.19. The summed E-state index contributed by atoms with van der Waals surface area (Å²) in [6, 6.07) is 9.03. The molecule has 0 atom stereocenters. The van der Waals surface area contributed by atoms with Crippen LogP contribution in [0.2, 0.25) is 0 Å². The van der Waals surface area contributed by atoms with Gasteiger partial charge in [0.1, 0.15) is 0 Å². The minimum absolute atomic E-state index is 0.0512. The Morgan fingerprint density at radius 1 is 1.04 bits per heavy atom. The van der Waals surface area contributed by atoms with E-state index in [0.717, 1.165) is 23.7 Å². The van der Waals surface area contributed by atoms with Gasteiger partial charge in [0.05, 0.1) is 22.3 Å². The number of rotatable bonds is 6. The van der Waals surface area contributed by atoms with Crippen LogP contribution in [0.1, 0.15) is 16.7 Å². The van der Waals surface area contributed by atoms with Gasteiger partial charge in [0.2, 0.25) is 0 Å². The summed E-state index contributed by atoms with van der Waals surface area (Å²) in [5.41, 5.74) is 2.48. The number of aliphatic carboxylic acids is 1. The van der Waals surface area contributed by atoms with E-state index in [4.69, 9.17) is 5.11 Å². The molecular formula is C17H15N3O6. The van der Waals surface area contributed by atoms with Crippen LogP contribution in [0.15, 0.2) is 36.4 Å². The highest BCUT2D eigenvalue weighted by Crippen LogP contribution is 2.32. The summed E-state index contributed by atoms with van der Waals surface area (Å²) < 4.78 is 0. The molecule has 2 aromatic rings. The van der Waals surface area contributed by atoms with E-state index in [-0.39, 0.29) is 17.8 Å². The first-order chi connectivity index (χ1) is 12.3. The van der Waals surface area contributed by atoms with Crippen molar-refractivity contribution in [2.45, 2.75) is 19.4 Å². The quantitative estimate of drug-likeness (QED) is 0.622. The van der Waals surface area contributed by atoms with E-state index in [1.54, 1.807) is 6.07 Å². The zero-order valence-corrected chi connectivity index (χ0v) is 13.6. The lowest BCUT2D eigenvalue weighted by Crippen LogP contribution is -2.19. The molecule has 0 bridgehead atoms. The van der Waals surface area contributed by atoms with E-state index < -0.39 is 15.8 Å². The second-order valence-corrected chi connectivity index (χ2v) is 6.08. The second kappa shape index (κ2) is 6.79. The largest absolute Gasteiger partial charge is 0.481 e. The van der Waals surface area contributed by atoms with Crippen LogP contribution in [0.3, 0.4) is 0 Å². The number of non-ortho nitro benzene ring substituents is 2. The van der Waals surface area contributed by atoms with Crippen molar-refractivity contribution >= 4 is 23.0 Å². The number of anilines is 1. The number of nitro benzene ring substituents is 2.